The van der Waals surface area contributed by atoms with E-state index in [1.54, 1.807) is 0 Å². The number of aliphatic hydroxyl groups excluding tert-OH is 2. The van der Waals surface area contributed by atoms with E-state index >= 15 is 0 Å². The second kappa shape index (κ2) is 12.9. The lowest BCUT2D eigenvalue weighted by Crippen LogP contribution is -2.28. The first-order valence-corrected chi connectivity index (χ1v) is 15.2. The predicted octanol–water partition coefficient (Wildman–Crippen LogP) is -2.96. The Kier molecular flexibility index (Phi) is 9.81. The first kappa shape index (κ1) is 32.8. The van der Waals surface area contributed by atoms with Crippen LogP contribution < -0.4 is 22.7 Å². The number of aliphatic hydroxyl groups is 2. The van der Waals surface area contributed by atoms with E-state index in [9.17, 15) is 28.9 Å². The number of anilines is 2. The minimum absolute atomic E-state index is 0.0613. The molecule has 0 amide bonds. The SMILES string of the molecule is Nc1ccn([C@H]2C[C@H](O)[C@@H](COP(=O)(O)O)O2)c(=O)n1.Nc1nc2c(ncn2[C@H]2C[C@H](O)[C@@H](COP(=O)(O)O)O2)c(=O)[nH]1. The highest BCUT2D eigenvalue weighted by molar-refractivity contribution is 7.46. The molecule has 0 spiro atoms. The first-order chi connectivity index (χ1) is 20.0. The van der Waals surface area contributed by atoms with Crippen molar-refractivity contribution in [2.24, 2.45) is 0 Å². The van der Waals surface area contributed by atoms with Gasteiger partial charge >= 0.3 is 21.3 Å². The second-order valence-corrected chi connectivity index (χ2v) is 11.7. The quantitative estimate of drug-likeness (QED) is 0.110. The lowest BCUT2D eigenvalue weighted by atomic mass is 10.2. The van der Waals surface area contributed by atoms with E-state index < -0.39 is 77.0 Å². The van der Waals surface area contributed by atoms with Crippen LogP contribution >= 0.6 is 15.6 Å². The molecule has 2 fully saturated rings. The highest BCUT2D eigenvalue weighted by Crippen LogP contribution is 2.39. The van der Waals surface area contributed by atoms with Gasteiger partial charge < -0.3 is 50.7 Å². The Balaban J connectivity index is 0.000000199. The van der Waals surface area contributed by atoms with E-state index in [0.717, 1.165) is 4.57 Å². The van der Waals surface area contributed by atoms with Crippen LogP contribution in [0.1, 0.15) is 25.3 Å². The zero-order valence-corrected chi connectivity index (χ0v) is 23.5. The molecule has 3 aromatic heterocycles. The fourth-order valence-corrected chi connectivity index (χ4v) is 4.89. The maximum Gasteiger partial charge on any atom is 0.469 e. The molecule has 2 aliphatic heterocycles. The number of rotatable bonds is 8. The van der Waals surface area contributed by atoms with Gasteiger partial charge in [0.2, 0.25) is 5.95 Å². The van der Waals surface area contributed by atoms with Crippen molar-refractivity contribution in [3.63, 3.8) is 0 Å². The van der Waals surface area contributed by atoms with Crippen molar-refractivity contribution in [1.29, 1.82) is 0 Å². The topological polar surface area (TPSA) is 343 Å². The van der Waals surface area contributed by atoms with Crippen molar-refractivity contribution in [2.75, 3.05) is 24.7 Å². The third kappa shape index (κ3) is 8.50. The van der Waals surface area contributed by atoms with Crippen molar-refractivity contribution in [1.82, 2.24) is 29.1 Å². The average molecular weight is 654 g/mol. The number of nitrogens with zero attached hydrogens (tertiary/aromatic N) is 5. The summed E-state index contributed by atoms with van der Waals surface area (Å²) in [5.41, 5.74) is 9.95. The molecule has 0 aliphatic carbocycles. The summed E-state index contributed by atoms with van der Waals surface area (Å²) in [4.78, 5) is 71.6. The Morgan fingerprint density at radius 1 is 0.930 bits per heavy atom. The number of imidazole rings is 1. The molecule has 0 saturated carbocycles. The average Bonchev–Trinajstić information content (AvgIpc) is 3.57. The third-order valence-electron chi connectivity index (χ3n) is 6.14. The summed E-state index contributed by atoms with van der Waals surface area (Å²) in [6.45, 7) is -0.968. The van der Waals surface area contributed by atoms with E-state index in [1.807, 2.05) is 0 Å². The first-order valence-electron chi connectivity index (χ1n) is 12.1. The van der Waals surface area contributed by atoms with Crippen molar-refractivity contribution in [3.8, 4) is 0 Å². The van der Waals surface area contributed by atoms with Crippen molar-refractivity contribution in [3.05, 3.63) is 39.4 Å². The summed E-state index contributed by atoms with van der Waals surface area (Å²) < 4.78 is 43.3. The van der Waals surface area contributed by atoms with Gasteiger partial charge in [-0.1, -0.05) is 0 Å². The number of ether oxygens (including phenoxy) is 2. The predicted molar refractivity (Wildman–Crippen MR) is 141 cm³/mol. The van der Waals surface area contributed by atoms with Gasteiger partial charge in [0, 0.05) is 19.0 Å². The van der Waals surface area contributed by atoms with Crippen LogP contribution in [-0.2, 0) is 27.7 Å². The van der Waals surface area contributed by atoms with Crippen LogP contribution in [0, 0.1) is 0 Å². The number of phosphoric acid groups is 2. The van der Waals surface area contributed by atoms with Crippen LogP contribution in [-0.4, -0.2) is 96.5 Å². The smallest absolute Gasteiger partial charge is 0.390 e. The molecule has 6 atom stereocenters. The van der Waals surface area contributed by atoms with Crippen LogP contribution in [0.2, 0.25) is 0 Å². The summed E-state index contributed by atoms with van der Waals surface area (Å²) in [6, 6.07) is 1.40. The molecule has 22 nitrogen and oxygen atoms in total. The zero-order valence-electron chi connectivity index (χ0n) is 21.8. The van der Waals surface area contributed by atoms with Crippen molar-refractivity contribution in [2.45, 2.75) is 49.7 Å². The van der Waals surface area contributed by atoms with E-state index in [0.29, 0.717) is 0 Å². The Morgan fingerprint density at radius 2 is 1.47 bits per heavy atom. The number of hydrogen-bond donors (Lipinski definition) is 9. The molecule has 5 heterocycles. The largest absolute Gasteiger partial charge is 0.469 e. The summed E-state index contributed by atoms with van der Waals surface area (Å²) in [5, 5.41) is 19.7. The number of aromatic amines is 1. The number of aromatic nitrogens is 6. The Labute approximate surface area is 239 Å². The number of nitrogens with two attached hydrogens (primary N) is 2. The van der Waals surface area contributed by atoms with Gasteiger partial charge in [0.25, 0.3) is 5.56 Å². The maximum absolute atomic E-state index is 11.7. The molecule has 2 saturated heterocycles. The lowest BCUT2D eigenvalue weighted by molar-refractivity contribution is -0.0450. The Hall–Kier alpha value is -3.11. The standard InChI is InChI=1S/C10H14N5O7P.C9H14N3O7P/c11-10-13-8-7(9(17)14-10)12-3-15(8)6-1-4(16)5(22-6)2-21-23(18,19)20;10-7-1-2-12(9(14)11-7)8-3-5(13)6(19-8)4-18-20(15,16)17/h3-6,16H,1-2H2,(H2,18,19,20)(H3,11,13,14,17);1-2,5-6,8,13H,3-4H2,(H2,10,11,14)(H2,15,16,17)/t4-,5+,6+;5-,6+,8+/m00/s1. The Morgan fingerprint density at radius 3 is 1.98 bits per heavy atom. The zero-order chi connectivity index (χ0) is 31.7. The molecular formula is C19H28N8O14P2. The maximum atomic E-state index is 11.7. The van der Waals surface area contributed by atoms with Crippen molar-refractivity contribution >= 4 is 38.6 Å². The van der Waals surface area contributed by atoms with Crippen LogP contribution in [0.25, 0.3) is 11.2 Å². The molecule has 5 rings (SSSR count). The molecule has 3 aromatic rings. The monoisotopic (exact) mass is 654 g/mol. The van der Waals surface area contributed by atoms with Crippen LogP contribution in [0.5, 0.6) is 0 Å². The van der Waals surface area contributed by atoms with E-state index in [2.05, 4.69) is 29.0 Å². The second-order valence-electron chi connectivity index (χ2n) is 9.25. The molecule has 238 valence electrons. The van der Waals surface area contributed by atoms with Crippen molar-refractivity contribution < 1.29 is 57.4 Å². The number of hydrogen-bond acceptors (Lipinski definition) is 15. The Bertz CT molecular complexity index is 1650. The summed E-state index contributed by atoms with van der Waals surface area (Å²) in [6.07, 6.45) is -2.58. The summed E-state index contributed by atoms with van der Waals surface area (Å²) >= 11 is 0. The third-order valence-corrected chi connectivity index (χ3v) is 7.12. The molecule has 0 bridgehead atoms. The highest BCUT2D eigenvalue weighted by atomic mass is 31.2. The van der Waals surface area contributed by atoms with Gasteiger partial charge in [-0.25, -0.2) is 18.9 Å². The van der Waals surface area contributed by atoms with Gasteiger partial charge in [-0.05, 0) is 6.07 Å². The number of H-pyrrole nitrogens is 1. The molecule has 43 heavy (non-hydrogen) atoms. The van der Waals surface area contributed by atoms with E-state index in [4.69, 9.17) is 40.5 Å². The minimum Gasteiger partial charge on any atom is -0.390 e. The lowest BCUT2D eigenvalue weighted by Gasteiger charge is -2.16. The van der Waals surface area contributed by atoms with Crippen LogP contribution in [0.4, 0.5) is 11.8 Å². The number of fused-ring (bicyclic) bond motifs is 1. The number of nitrogens with one attached hydrogen (secondary N) is 1. The molecule has 0 radical (unpaired) electrons. The van der Waals surface area contributed by atoms with Crippen LogP contribution in [0.15, 0.2) is 28.2 Å². The number of phosphoric ester groups is 2. The highest BCUT2D eigenvalue weighted by Gasteiger charge is 2.38. The summed E-state index contributed by atoms with van der Waals surface area (Å²) in [7, 11) is -9.30. The normalized spacial score (nSPS) is 26.0. The fraction of sp³-hybridized carbons (Fsp3) is 0.526. The molecular weight excluding hydrogens is 626 g/mol. The fourth-order valence-electron chi connectivity index (χ4n) is 4.21. The molecule has 0 aromatic carbocycles. The van der Waals surface area contributed by atoms with Gasteiger partial charge in [0.1, 0.15) is 30.5 Å². The van der Waals surface area contributed by atoms with Gasteiger partial charge in [0.05, 0.1) is 31.7 Å². The van der Waals surface area contributed by atoms with Gasteiger partial charge in [-0.2, -0.15) is 9.97 Å². The molecule has 2 aliphatic rings. The molecule has 0 unspecified atom stereocenters. The van der Waals surface area contributed by atoms with Gasteiger partial charge in [-0.15, -0.1) is 0 Å². The number of nitrogen functional groups attached to an aromatic ring is 2. The minimum atomic E-state index is -4.66. The summed E-state index contributed by atoms with van der Waals surface area (Å²) in [5.74, 6) is -0.0321. The van der Waals surface area contributed by atoms with Gasteiger partial charge in [-0.3, -0.25) is 28.0 Å². The molecule has 11 N–H and O–H groups in total. The van der Waals surface area contributed by atoms with E-state index in [-0.39, 0.29) is 35.8 Å². The molecule has 24 heteroatoms. The van der Waals surface area contributed by atoms with E-state index in [1.165, 1.54) is 23.2 Å². The van der Waals surface area contributed by atoms with Gasteiger partial charge in [0.15, 0.2) is 11.2 Å². The van der Waals surface area contributed by atoms with Crippen LogP contribution in [0.3, 0.4) is 0 Å².